The molecule has 0 unspecified atom stereocenters. The molecule has 1 aliphatic carbocycles. The topological polar surface area (TPSA) is 41.6 Å². The van der Waals surface area contributed by atoms with E-state index in [2.05, 4.69) is 17.0 Å². The molecule has 4 nitrogen and oxygen atoms in total. The van der Waals surface area contributed by atoms with Crippen LogP contribution in [0.1, 0.15) is 38.2 Å². The second-order valence-corrected chi connectivity index (χ2v) is 6.20. The Morgan fingerprint density at radius 2 is 2.04 bits per heavy atom. The fourth-order valence-electron chi connectivity index (χ4n) is 3.21. The van der Waals surface area contributed by atoms with Crippen molar-refractivity contribution in [3.8, 4) is 5.75 Å². The van der Waals surface area contributed by atoms with Gasteiger partial charge >= 0.3 is 12.6 Å². The number of aryl methyl sites for hydroxylation is 1. The average Bonchev–Trinajstić information content (AvgIpc) is 2.50. The summed E-state index contributed by atoms with van der Waals surface area (Å²) in [5.41, 5.74) is 0.981. The van der Waals surface area contributed by atoms with E-state index in [0.717, 1.165) is 19.3 Å². The molecule has 1 N–H and O–H groups in total. The van der Waals surface area contributed by atoms with E-state index in [-0.39, 0.29) is 17.8 Å². The minimum Gasteiger partial charge on any atom is -0.433 e. The molecule has 0 spiro atoms. The highest BCUT2D eigenvalue weighted by atomic mass is 19.3. The predicted molar refractivity (Wildman–Crippen MR) is 86.0 cm³/mol. The van der Waals surface area contributed by atoms with E-state index < -0.39 is 6.61 Å². The second kappa shape index (κ2) is 7.62. The number of carbonyl (C=O) groups is 1. The minimum atomic E-state index is -2.93. The number of nitrogens with zero attached hydrogens (tertiary/aromatic N) is 1. The third-order valence-corrected chi connectivity index (χ3v) is 4.57. The van der Waals surface area contributed by atoms with Crippen LogP contribution in [0.2, 0.25) is 0 Å². The summed E-state index contributed by atoms with van der Waals surface area (Å²) in [6, 6.07) is 4.68. The fraction of sp³-hybridized carbons (Fsp3) is 0.588. The predicted octanol–water partition coefficient (Wildman–Crippen LogP) is 4.64. The maximum absolute atomic E-state index is 12.5. The lowest BCUT2D eigenvalue weighted by molar-refractivity contribution is -0.0493. The lowest BCUT2D eigenvalue weighted by atomic mass is 9.85. The first-order chi connectivity index (χ1) is 10.9. The zero-order chi connectivity index (χ0) is 17.0. The Balaban J connectivity index is 2.13. The van der Waals surface area contributed by atoms with Crippen molar-refractivity contribution >= 4 is 11.7 Å². The van der Waals surface area contributed by atoms with Crippen molar-refractivity contribution in [2.45, 2.75) is 52.2 Å². The Bertz CT molecular complexity index is 551. The molecule has 1 saturated carbocycles. The Morgan fingerprint density at radius 3 is 2.70 bits per heavy atom. The van der Waals surface area contributed by atoms with Crippen LogP contribution in [0.15, 0.2) is 18.2 Å². The molecule has 0 saturated heterocycles. The Morgan fingerprint density at radius 1 is 1.35 bits per heavy atom. The van der Waals surface area contributed by atoms with Crippen molar-refractivity contribution in [1.29, 1.82) is 0 Å². The van der Waals surface area contributed by atoms with Gasteiger partial charge in [-0.25, -0.2) is 4.79 Å². The highest BCUT2D eigenvalue weighted by Gasteiger charge is 2.28. The van der Waals surface area contributed by atoms with Gasteiger partial charge in [0.05, 0.1) is 5.69 Å². The largest absolute Gasteiger partial charge is 0.433 e. The monoisotopic (exact) mass is 326 g/mol. The molecule has 1 fully saturated rings. The van der Waals surface area contributed by atoms with E-state index >= 15 is 0 Å². The van der Waals surface area contributed by atoms with Crippen molar-refractivity contribution < 1.29 is 18.3 Å². The number of halogens is 2. The van der Waals surface area contributed by atoms with E-state index in [4.69, 9.17) is 0 Å². The van der Waals surface area contributed by atoms with Crippen molar-refractivity contribution in [2.75, 3.05) is 12.4 Å². The molecule has 1 aromatic rings. The van der Waals surface area contributed by atoms with Crippen molar-refractivity contribution in [1.82, 2.24) is 4.90 Å². The van der Waals surface area contributed by atoms with Gasteiger partial charge in [0.2, 0.25) is 0 Å². The lowest BCUT2D eigenvalue weighted by Gasteiger charge is -2.36. The number of ether oxygens (including phenoxy) is 1. The van der Waals surface area contributed by atoms with Crippen LogP contribution >= 0.6 is 0 Å². The van der Waals surface area contributed by atoms with Crippen LogP contribution in [0.25, 0.3) is 0 Å². The summed E-state index contributed by atoms with van der Waals surface area (Å²) >= 11 is 0. The number of urea groups is 1. The Hall–Kier alpha value is -1.85. The molecule has 1 aromatic carbocycles. The second-order valence-electron chi connectivity index (χ2n) is 6.20. The normalized spacial score (nSPS) is 21.1. The molecule has 23 heavy (non-hydrogen) atoms. The van der Waals surface area contributed by atoms with Gasteiger partial charge in [-0.05, 0) is 37.3 Å². The van der Waals surface area contributed by atoms with Crippen LogP contribution in [0.5, 0.6) is 5.75 Å². The third kappa shape index (κ3) is 4.33. The molecule has 2 amide bonds. The van der Waals surface area contributed by atoms with Gasteiger partial charge < -0.3 is 15.0 Å². The molecule has 6 heteroatoms. The van der Waals surface area contributed by atoms with Gasteiger partial charge in [-0.3, -0.25) is 0 Å². The van der Waals surface area contributed by atoms with Crippen molar-refractivity contribution in [3.05, 3.63) is 23.8 Å². The average molecular weight is 326 g/mol. The highest BCUT2D eigenvalue weighted by molar-refractivity contribution is 5.92. The first kappa shape index (κ1) is 17.5. The Labute approximate surface area is 135 Å². The summed E-state index contributed by atoms with van der Waals surface area (Å²) in [4.78, 5) is 14.2. The van der Waals surface area contributed by atoms with Crippen LogP contribution in [-0.4, -0.2) is 30.6 Å². The number of amides is 2. The van der Waals surface area contributed by atoms with Crippen LogP contribution < -0.4 is 10.1 Å². The molecule has 2 atom stereocenters. The number of alkyl halides is 2. The molecule has 0 radical (unpaired) electrons. The summed E-state index contributed by atoms with van der Waals surface area (Å²) in [6.07, 6.45) is 4.37. The number of rotatable bonds is 4. The number of anilines is 1. The lowest BCUT2D eigenvalue weighted by Crippen LogP contribution is -2.44. The van der Waals surface area contributed by atoms with Gasteiger partial charge in [-0.1, -0.05) is 31.9 Å². The zero-order valence-electron chi connectivity index (χ0n) is 13.8. The molecule has 0 aliphatic heterocycles. The van der Waals surface area contributed by atoms with Crippen LogP contribution in [0, 0.1) is 12.8 Å². The standard InChI is InChI=1S/C17H24F2N2O2/c1-11-7-4-5-9-13(11)21(3)17(22)20-15-12(2)8-6-10-14(15)23-16(18)19/h6,8,10-11,13,16H,4-5,7,9H2,1-3H3,(H,20,22)/t11-,13+/m0/s1. The molecular weight excluding hydrogens is 302 g/mol. The van der Waals surface area contributed by atoms with Crippen molar-refractivity contribution in [2.24, 2.45) is 5.92 Å². The summed E-state index contributed by atoms with van der Waals surface area (Å²) in [7, 11) is 1.76. The number of hydrogen-bond donors (Lipinski definition) is 1. The first-order valence-corrected chi connectivity index (χ1v) is 7.98. The summed E-state index contributed by atoms with van der Waals surface area (Å²) in [6.45, 7) is 0.965. The van der Waals surface area contributed by atoms with Gasteiger partial charge in [-0.15, -0.1) is 0 Å². The fourth-order valence-corrected chi connectivity index (χ4v) is 3.21. The van der Waals surface area contributed by atoms with Crippen molar-refractivity contribution in [3.63, 3.8) is 0 Å². The van der Waals surface area contributed by atoms with Crippen LogP contribution in [-0.2, 0) is 0 Å². The van der Waals surface area contributed by atoms with E-state index in [1.54, 1.807) is 31.0 Å². The SMILES string of the molecule is Cc1cccc(OC(F)F)c1NC(=O)N(C)[C@@H]1CCCC[C@@H]1C. The van der Waals surface area contributed by atoms with Gasteiger partial charge in [0.1, 0.15) is 5.75 Å². The molecule has 0 heterocycles. The van der Waals surface area contributed by atoms with E-state index in [1.165, 1.54) is 12.5 Å². The minimum absolute atomic E-state index is 0.0153. The summed E-state index contributed by atoms with van der Waals surface area (Å²) in [5.74, 6) is 0.423. The van der Waals surface area contributed by atoms with E-state index in [9.17, 15) is 13.6 Å². The van der Waals surface area contributed by atoms with E-state index in [0.29, 0.717) is 17.2 Å². The number of nitrogens with one attached hydrogen (secondary N) is 1. The van der Waals surface area contributed by atoms with Gasteiger partial charge in [-0.2, -0.15) is 8.78 Å². The maximum atomic E-state index is 12.5. The molecule has 2 rings (SSSR count). The zero-order valence-corrected chi connectivity index (χ0v) is 13.8. The van der Waals surface area contributed by atoms with Crippen LogP contribution in [0.3, 0.4) is 0 Å². The first-order valence-electron chi connectivity index (χ1n) is 7.98. The summed E-state index contributed by atoms with van der Waals surface area (Å²) < 4.78 is 29.6. The van der Waals surface area contributed by atoms with E-state index in [1.807, 2.05) is 0 Å². The number of para-hydroxylation sites is 1. The summed E-state index contributed by atoms with van der Waals surface area (Å²) in [5, 5.41) is 2.73. The van der Waals surface area contributed by atoms with Gasteiger partial charge in [0.25, 0.3) is 0 Å². The van der Waals surface area contributed by atoms with Gasteiger partial charge in [0, 0.05) is 13.1 Å². The highest BCUT2D eigenvalue weighted by Crippen LogP contribution is 2.31. The molecular formula is C17H24F2N2O2. The van der Waals surface area contributed by atoms with Crippen LogP contribution in [0.4, 0.5) is 19.3 Å². The quantitative estimate of drug-likeness (QED) is 0.876. The molecule has 128 valence electrons. The number of hydrogen-bond acceptors (Lipinski definition) is 2. The number of carbonyl (C=O) groups excluding carboxylic acids is 1. The molecule has 0 bridgehead atoms. The molecule has 0 aromatic heterocycles. The maximum Gasteiger partial charge on any atom is 0.387 e. The molecule has 1 aliphatic rings. The smallest absolute Gasteiger partial charge is 0.387 e. The third-order valence-electron chi connectivity index (χ3n) is 4.57. The Kier molecular flexibility index (Phi) is 5.80. The van der Waals surface area contributed by atoms with Gasteiger partial charge in [0.15, 0.2) is 0 Å². The number of benzene rings is 1.